The molecule has 2 aliphatic carbocycles. The van der Waals surface area contributed by atoms with Crippen molar-refractivity contribution in [2.45, 2.75) is 24.7 Å². The van der Waals surface area contributed by atoms with Gasteiger partial charge < -0.3 is 4.90 Å². The monoisotopic (exact) mass is 677 g/mol. The minimum Gasteiger partial charge on any atom is -0.310 e. The summed E-state index contributed by atoms with van der Waals surface area (Å²) in [5, 5.41) is 0. The Balaban J connectivity index is 1.32. The minimum atomic E-state index is -0.547. The largest absolute Gasteiger partial charge is 0.310 e. The second-order valence-electron chi connectivity index (χ2n) is 14.6. The molecule has 8 aromatic rings. The van der Waals surface area contributed by atoms with Gasteiger partial charge in [0.25, 0.3) is 0 Å². The number of hydrogen-bond acceptors (Lipinski definition) is 1. The number of nitrogens with zero attached hydrogens (tertiary/aromatic N) is 1. The van der Waals surface area contributed by atoms with Crippen LogP contribution in [-0.2, 0) is 10.8 Å². The van der Waals surface area contributed by atoms with Gasteiger partial charge in [-0.1, -0.05) is 175 Å². The van der Waals surface area contributed by atoms with Gasteiger partial charge in [-0.2, -0.15) is 0 Å². The van der Waals surface area contributed by atoms with E-state index in [-0.39, 0.29) is 0 Å². The van der Waals surface area contributed by atoms with E-state index in [9.17, 15) is 0 Å². The lowest BCUT2D eigenvalue weighted by molar-refractivity contribution is 0.623. The molecule has 10 rings (SSSR count). The van der Waals surface area contributed by atoms with Gasteiger partial charge in [0, 0.05) is 17.1 Å². The van der Waals surface area contributed by atoms with Crippen molar-refractivity contribution in [3.8, 4) is 11.1 Å². The fourth-order valence-corrected chi connectivity index (χ4v) is 9.55. The summed E-state index contributed by atoms with van der Waals surface area (Å²) in [4.78, 5) is 2.41. The van der Waals surface area contributed by atoms with E-state index in [0.717, 1.165) is 17.1 Å². The summed E-state index contributed by atoms with van der Waals surface area (Å²) in [6.07, 6.45) is 0. The summed E-state index contributed by atoms with van der Waals surface area (Å²) in [5.41, 5.74) is 17.9. The second-order valence-corrected chi connectivity index (χ2v) is 14.6. The fraction of sp³-hybridized carbons (Fsp3) is 0.0769. The van der Waals surface area contributed by atoms with Crippen molar-refractivity contribution in [3.05, 3.63) is 256 Å². The van der Waals surface area contributed by atoms with E-state index in [1.807, 2.05) is 0 Å². The van der Waals surface area contributed by atoms with Crippen LogP contribution in [-0.4, -0.2) is 0 Å². The highest BCUT2D eigenvalue weighted by Gasteiger charge is 2.56. The summed E-state index contributed by atoms with van der Waals surface area (Å²) in [6, 6.07) is 74.9. The second kappa shape index (κ2) is 12.1. The van der Waals surface area contributed by atoms with Gasteiger partial charge in [0.05, 0.1) is 10.8 Å². The highest BCUT2D eigenvalue weighted by molar-refractivity contribution is 5.92. The first kappa shape index (κ1) is 31.3. The normalized spacial score (nSPS) is 14.2. The lowest BCUT2D eigenvalue weighted by Crippen LogP contribution is -2.44. The maximum absolute atomic E-state index is 2.49. The Labute approximate surface area is 312 Å². The van der Waals surface area contributed by atoms with Gasteiger partial charge in [0.2, 0.25) is 0 Å². The molecule has 2 aliphatic rings. The third-order valence-electron chi connectivity index (χ3n) is 11.8. The molecule has 0 radical (unpaired) electrons. The van der Waals surface area contributed by atoms with Crippen molar-refractivity contribution in [1.29, 1.82) is 0 Å². The lowest BCUT2D eigenvalue weighted by Gasteiger charge is -2.50. The SMILES string of the molecule is Cc1ccc(N(c2ccc(C)cc2)c2ccc3c(c2)C2(c4ccccc4-3)c3ccccc3C(c3ccccc3)(c3ccccc3)c3ccccc32)cc1. The minimum absolute atomic E-state index is 0.522. The average molecular weight is 678 g/mol. The molecule has 0 saturated carbocycles. The number of hydrogen-bond donors (Lipinski definition) is 0. The van der Waals surface area contributed by atoms with E-state index < -0.39 is 10.8 Å². The van der Waals surface area contributed by atoms with Crippen LogP contribution in [0.3, 0.4) is 0 Å². The van der Waals surface area contributed by atoms with E-state index in [4.69, 9.17) is 0 Å². The lowest BCUT2D eigenvalue weighted by atomic mass is 9.51. The topological polar surface area (TPSA) is 3.24 Å². The van der Waals surface area contributed by atoms with Gasteiger partial charge in [0.15, 0.2) is 0 Å². The molecule has 0 heterocycles. The van der Waals surface area contributed by atoms with Gasteiger partial charge in [-0.3, -0.25) is 0 Å². The average Bonchev–Trinajstić information content (AvgIpc) is 3.51. The molecule has 0 atom stereocenters. The van der Waals surface area contributed by atoms with Crippen molar-refractivity contribution in [1.82, 2.24) is 0 Å². The molecule has 8 aromatic carbocycles. The fourth-order valence-electron chi connectivity index (χ4n) is 9.55. The van der Waals surface area contributed by atoms with E-state index in [1.54, 1.807) is 0 Å². The summed E-state index contributed by atoms with van der Waals surface area (Å²) in [5.74, 6) is 0. The zero-order chi connectivity index (χ0) is 35.6. The quantitative estimate of drug-likeness (QED) is 0.175. The predicted molar refractivity (Wildman–Crippen MR) is 220 cm³/mol. The summed E-state index contributed by atoms with van der Waals surface area (Å²) in [7, 11) is 0. The van der Waals surface area contributed by atoms with Gasteiger partial charge in [-0.25, -0.2) is 0 Å². The summed E-state index contributed by atoms with van der Waals surface area (Å²) < 4.78 is 0. The van der Waals surface area contributed by atoms with E-state index >= 15 is 0 Å². The van der Waals surface area contributed by atoms with Gasteiger partial charge in [-0.15, -0.1) is 0 Å². The molecule has 1 spiro atoms. The molecule has 53 heavy (non-hydrogen) atoms. The molecule has 0 saturated heterocycles. The Bertz CT molecular complexity index is 2480. The zero-order valence-corrected chi connectivity index (χ0v) is 30.0. The van der Waals surface area contributed by atoms with Crippen LogP contribution in [0, 0.1) is 13.8 Å². The number of fused-ring (bicyclic) bond motifs is 9. The summed E-state index contributed by atoms with van der Waals surface area (Å²) >= 11 is 0. The number of benzene rings is 8. The first-order chi connectivity index (χ1) is 26.1. The van der Waals surface area contributed by atoms with Crippen LogP contribution in [0.1, 0.15) is 55.6 Å². The van der Waals surface area contributed by atoms with E-state index in [0.29, 0.717) is 0 Å². The number of aryl methyl sites for hydroxylation is 2. The number of anilines is 3. The molecular weight excluding hydrogens is 639 g/mol. The van der Waals surface area contributed by atoms with Crippen molar-refractivity contribution in [2.24, 2.45) is 0 Å². The smallest absolute Gasteiger partial charge is 0.0720 e. The maximum Gasteiger partial charge on any atom is 0.0720 e. The van der Waals surface area contributed by atoms with Gasteiger partial charge >= 0.3 is 0 Å². The Morgan fingerprint density at radius 3 is 1.17 bits per heavy atom. The Kier molecular flexibility index (Phi) is 7.13. The molecule has 0 unspecified atom stereocenters. The molecular formula is C52H39N. The molecule has 252 valence electrons. The zero-order valence-electron chi connectivity index (χ0n) is 30.0. The van der Waals surface area contributed by atoms with Gasteiger partial charge in [0.1, 0.15) is 0 Å². The maximum atomic E-state index is 2.49. The Hall–Kier alpha value is -6.44. The molecule has 0 amide bonds. The third-order valence-corrected chi connectivity index (χ3v) is 11.8. The first-order valence-electron chi connectivity index (χ1n) is 18.6. The van der Waals surface area contributed by atoms with Crippen LogP contribution in [0.25, 0.3) is 11.1 Å². The van der Waals surface area contributed by atoms with Crippen molar-refractivity contribution in [2.75, 3.05) is 4.90 Å². The highest BCUT2D eigenvalue weighted by atomic mass is 15.1. The highest BCUT2D eigenvalue weighted by Crippen LogP contribution is 2.65. The van der Waals surface area contributed by atoms with Crippen LogP contribution < -0.4 is 4.90 Å². The first-order valence-corrected chi connectivity index (χ1v) is 18.6. The molecule has 0 aromatic heterocycles. The Morgan fingerprint density at radius 1 is 0.302 bits per heavy atom. The molecule has 0 fully saturated rings. The Morgan fingerprint density at radius 2 is 0.679 bits per heavy atom. The van der Waals surface area contributed by atoms with Crippen molar-refractivity contribution < 1.29 is 0 Å². The molecule has 1 heteroatoms. The standard InChI is InChI=1S/C52H39N/c1-36-25-29-40(30-26-36)53(41-31-27-37(2)28-32-41)42-33-34-44-43-19-9-10-20-45(43)52(50(44)35-42)48-23-13-11-21-46(48)51(38-15-5-3-6-16-38,39-17-7-4-8-18-39)47-22-12-14-24-49(47)52/h3-35H,1-2H3. The molecule has 0 aliphatic heterocycles. The molecule has 1 nitrogen and oxygen atoms in total. The van der Waals surface area contributed by atoms with E-state index in [2.05, 4.69) is 219 Å². The summed E-state index contributed by atoms with van der Waals surface area (Å²) in [6.45, 7) is 4.30. The van der Waals surface area contributed by atoms with Crippen molar-refractivity contribution >= 4 is 17.1 Å². The molecule has 0 bridgehead atoms. The van der Waals surface area contributed by atoms with Gasteiger partial charge in [-0.05, 0) is 106 Å². The number of rotatable bonds is 5. The van der Waals surface area contributed by atoms with E-state index in [1.165, 1.54) is 66.8 Å². The van der Waals surface area contributed by atoms with Crippen LogP contribution in [0.4, 0.5) is 17.1 Å². The van der Waals surface area contributed by atoms with Crippen molar-refractivity contribution in [3.63, 3.8) is 0 Å². The van der Waals surface area contributed by atoms with Crippen LogP contribution in [0.5, 0.6) is 0 Å². The molecule has 0 N–H and O–H groups in total. The van der Waals surface area contributed by atoms with Crippen LogP contribution >= 0.6 is 0 Å². The predicted octanol–water partition coefficient (Wildman–Crippen LogP) is 12.8. The van der Waals surface area contributed by atoms with Crippen LogP contribution in [0.2, 0.25) is 0 Å². The third kappa shape index (κ3) is 4.44. The van der Waals surface area contributed by atoms with Crippen LogP contribution in [0.15, 0.2) is 200 Å².